The maximum absolute atomic E-state index is 13.3. The Morgan fingerprint density at radius 1 is 1.07 bits per heavy atom. The van der Waals surface area contributed by atoms with Gasteiger partial charge in [0.05, 0.1) is 15.1 Å². The first-order valence-electron chi connectivity index (χ1n) is 9.21. The Morgan fingerprint density at radius 3 is 2.37 bits per heavy atom. The topological polar surface area (TPSA) is 70.6 Å². The van der Waals surface area contributed by atoms with Crippen LogP contribution in [0.3, 0.4) is 0 Å². The summed E-state index contributed by atoms with van der Waals surface area (Å²) in [4.78, 5) is 21.8. The number of amides is 1. The SMILES string of the molecule is Cc1cc2nc(N(CCN(C)C)C(=O)c3cccc(S(C)(=O)=O)c3)sc2cc1C.Cl. The second-order valence-electron chi connectivity index (χ2n) is 7.46. The Bertz CT molecular complexity index is 1130. The number of fused-ring (bicyclic) bond motifs is 1. The minimum Gasteiger partial charge on any atom is -0.308 e. The van der Waals surface area contributed by atoms with Crippen LogP contribution in [0.4, 0.5) is 5.13 Å². The van der Waals surface area contributed by atoms with E-state index in [4.69, 9.17) is 4.98 Å². The molecule has 1 amide bonds. The number of carbonyl (C=O) groups is 1. The van der Waals surface area contributed by atoms with Gasteiger partial charge in [0, 0.05) is 24.9 Å². The minimum atomic E-state index is -3.40. The van der Waals surface area contributed by atoms with Crippen molar-refractivity contribution >= 4 is 54.8 Å². The first-order valence-corrected chi connectivity index (χ1v) is 11.9. The van der Waals surface area contributed by atoms with Crippen molar-refractivity contribution in [1.82, 2.24) is 9.88 Å². The predicted octanol–water partition coefficient (Wildman–Crippen LogP) is 3.95. The van der Waals surface area contributed by atoms with E-state index in [0.29, 0.717) is 23.8 Å². The van der Waals surface area contributed by atoms with Crippen LogP contribution in [0.15, 0.2) is 41.3 Å². The van der Waals surface area contributed by atoms with Gasteiger partial charge in [-0.25, -0.2) is 13.4 Å². The Kier molecular flexibility index (Phi) is 7.63. The Hall–Kier alpha value is -2.00. The Morgan fingerprint density at radius 2 is 1.73 bits per heavy atom. The van der Waals surface area contributed by atoms with E-state index in [1.165, 1.54) is 29.0 Å². The first kappa shape index (κ1) is 24.3. The molecule has 0 radical (unpaired) electrons. The molecule has 0 atom stereocenters. The van der Waals surface area contributed by atoms with E-state index in [2.05, 4.69) is 13.0 Å². The number of halogens is 1. The molecule has 30 heavy (non-hydrogen) atoms. The molecule has 2 aromatic carbocycles. The van der Waals surface area contributed by atoms with Gasteiger partial charge in [-0.05, 0) is 69.4 Å². The zero-order valence-corrected chi connectivity index (χ0v) is 20.1. The second-order valence-corrected chi connectivity index (χ2v) is 10.5. The monoisotopic (exact) mass is 467 g/mol. The number of benzene rings is 2. The minimum absolute atomic E-state index is 0. The molecule has 3 rings (SSSR count). The van der Waals surface area contributed by atoms with Gasteiger partial charge in [0.25, 0.3) is 5.91 Å². The third-order valence-corrected chi connectivity index (χ3v) is 6.90. The third-order valence-electron chi connectivity index (χ3n) is 4.75. The molecule has 0 aliphatic rings. The molecule has 0 bridgehead atoms. The number of nitrogens with zero attached hydrogens (tertiary/aromatic N) is 3. The summed E-state index contributed by atoms with van der Waals surface area (Å²) in [6.45, 7) is 5.21. The average Bonchev–Trinajstić information content (AvgIpc) is 3.03. The molecule has 0 fully saturated rings. The molecule has 1 aromatic heterocycles. The molecule has 1 heterocycles. The van der Waals surface area contributed by atoms with E-state index in [1.54, 1.807) is 17.0 Å². The van der Waals surface area contributed by atoms with Crippen molar-refractivity contribution < 1.29 is 13.2 Å². The molecular formula is C21H26ClN3O3S2. The number of aryl methyl sites for hydroxylation is 2. The van der Waals surface area contributed by atoms with Crippen LogP contribution in [0.1, 0.15) is 21.5 Å². The number of anilines is 1. The van der Waals surface area contributed by atoms with Crippen molar-refractivity contribution in [2.24, 2.45) is 0 Å². The largest absolute Gasteiger partial charge is 0.308 e. The number of rotatable bonds is 6. The summed E-state index contributed by atoms with van der Waals surface area (Å²) in [6.07, 6.45) is 1.14. The highest BCUT2D eigenvalue weighted by molar-refractivity contribution is 7.90. The highest BCUT2D eigenvalue weighted by Crippen LogP contribution is 2.31. The van der Waals surface area contributed by atoms with Gasteiger partial charge in [-0.1, -0.05) is 17.4 Å². The maximum atomic E-state index is 13.3. The Labute approximate surface area is 187 Å². The zero-order chi connectivity index (χ0) is 21.3. The van der Waals surface area contributed by atoms with E-state index in [-0.39, 0.29) is 23.2 Å². The molecule has 162 valence electrons. The van der Waals surface area contributed by atoms with Gasteiger partial charge in [-0.15, -0.1) is 12.4 Å². The van der Waals surface area contributed by atoms with Crippen LogP contribution in [0.25, 0.3) is 10.2 Å². The van der Waals surface area contributed by atoms with Crippen LogP contribution >= 0.6 is 23.7 Å². The van der Waals surface area contributed by atoms with Crippen LogP contribution in [-0.4, -0.2) is 57.6 Å². The van der Waals surface area contributed by atoms with Gasteiger partial charge < -0.3 is 4.90 Å². The quantitative estimate of drug-likeness (QED) is 0.549. The number of hydrogen-bond donors (Lipinski definition) is 0. The summed E-state index contributed by atoms with van der Waals surface area (Å²) in [5.74, 6) is -0.259. The molecule has 0 saturated heterocycles. The number of likely N-dealkylation sites (N-methyl/N-ethyl adjacent to an activating group) is 1. The lowest BCUT2D eigenvalue weighted by molar-refractivity contribution is 0.0985. The van der Waals surface area contributed by atoms with Crippen LogP contribution in [0, 0.1) is 13.8 Å². The van der Waals surface area contributed by atoms with E-state index in [1.807, 2.05) is 32.0 Å². The molecule has 0 spiro atoms. The molecule has 0 N–H and O–H groups in total. The standard InChI is InChI=1S/C21H25N3O3S2.ClH/c1-14-11-18-19(12-15(14)2)28-21(22-18)24(10-9-23(3)4)20(25)16-7-6-8-17(13-16)29(5,26)27;/h6-8,11-13H,9-10H2,1-5H3;1H. The lowest BCUT2D eigenvalue weighted by Crippen LogP contribution is -2.36. The van der Waals surface area contributed by atoms with Gasteiger partial charge in [0.2, 0.25) is 0 Å². The van der Waals surface area contributed by atoms with E-state index >= 15 is 0 Å². The van der Waals surface area contributed by atoms with Crippen LogP contribution in [0.5, 0.6) is 0 Å². The van der Waals surface area contributed by atoms with Crippen molar-refractivity contribution in [3.63, 3.8) is 0 Å². The molecule has 0 aliphatic heterocycles. The van der Waals surface area contributed by atoms with E-state index in [9.17, 15) is 13.2 Å². The smallest absolute Gasteiger partial charge is 0.260 e. The average molecular weight is 468 g/mol. The summed E-state index contributed by atoms with van der Waals surface area (Å²) in [6, 6.07) is 10.3. The molecule has 9 heteroatoms. The molecule has 0 saturated carbocycles. The van der Waals surface area contributed by atoms with Crippen molar-refractivity contribution in [2.45, 2.75) is 18.7 Å². The fraction of sp³-hybridized carbons (Fsp3) is 0.333. The molecular weight excluding hydrogens is 442 g/mol. The highest BCUT2D eigenvalue weighted by atomic mass is 35.5. The molecule has 0 aliphatic carbocycles. The summed E-state index contributed by atoms with van der Waals surface area (Å²) >= 11 is 1.47. The highest BCUT2D eigenvalue weighted by Gasteiger charge is 2.23. The number of carbonyl (C=O) groups excluding carboxylic acids is 1. The molecule has 0 unspecified atom stereocenters. The molecule has 6 nitrogen and oxygen atoms in total. The van der Waals surface area contributed by atoms with Crippen molar-refractivity contribution in [3.8, 4) is 0 Å². The van der Waals surface area contributed by atoms with Crippen LogP contribution in [0.2, 0.25) is 0 Å². The van der Waals surface area contributed by atoms with Crippen molar-refractivity contribution in [1.29, 1.82) is 0 Å². The predicted molar refractivity (Wildman–Crippen MR) is 126 cm³/mol. The number of hydrogen-bond acceptors (Lipinski definition) is 6. The fourth-order valence-electron chi connectivity index (χ4n) is 2.88. The third kappa shape index (κ3) is 5.37. The van der Waals surface area contributed by atoms with E-state index in [0.717, 1.165) is 22.0 Å². The van der Waals surface area contributed by atoms with Gasteiger partial charge >= 0.3 is 0 Å². The normalized spacial score (nSPS) is 11.5. The van der Waals surface area contributed by atoms with E-state index < -0.39 is 9.84 Å². The number of sulfone groups is 1. The van der Waals surface area contributed by atoms with Gasteiger partial charge in [0.1, 0.15) is 0 Å². The number of thiazole rings is 1. The fourth-order valence-corrected chi connectivity index (χ4v) is 4.62. The molecule has 3 aromatic rings. The van der Waals surface area contributed by atoms with Crippen molar-refractivity contribution in [2.75, 3.05) is 38.3 Å². The zero-order valence-electron chi connectivity index (χ0n) is 17.7. The first-order chi connectivity index (χ1) is 13.6. The summed E-state index contributed by atoms with van der Waals surface area (Å²) in [5, 5.41) is 0.613. The maximum Gasteiger partial charge on any atom is 0.260 e. The van der Waals surface area contributed by atoms with Crippen LogP contribution in [-0.2, 0) is 9.84 Å². The summed E-state index contributed by atoms with van der Waals surface area (Å²) in [5.41, 5.74) is 3.53. The summed E-state index contributed by atoms with van der Waals surface area (Å²) < 4.78 is 24.8. The van der Waals surface area contributed by atoms with Crippen LogP contribution < -0.4 is 4.90 Å². The summed E-state index contributed by atoms with van der Waals surface area (Å²) in [7, 11) is 0.488. The Balaban J connectivity index is 0.00000320. The lowest BCUT2D eigenvalue weighted by Gasteiger charge is -2.22. The number of aromatic nitrogens is 1. The van der Waals surface area contributed by atoms with Gasteiger partial charge in [-0.3, -0.25) is 9.69 Å². The lowest BCUT2D eigenvalue weighted by atomic mass is 10.1. The second kappa shape index (κ2) is 9.43. The van der Waals surface area contributed by atoms with Crippen molar-refractivity contribution in [3.05, 3.63) is 53.1 Å². The van der Waals surface area contributed by atoms with Gasteiger partial charge in [-0.2, -0.15) is 0 Å². The van der Waals surface area contributed by atoms with Gasteiger partial charge in [0.15, 0.2) is 15.0 Å².